The summed E-state index contributed by atoms with van der Waals surface area (Å²) in [5.41, 5.74) is 2.10. The number of carbonyl (C=O) groups is 1. The van der Waals surface area contributed by atoms with Crippen molar-refractivity contribution in [2.75, 3.05) is 13.1 Å². The number of hydrogen-bond donors (Lipinski definition) is 0. The van der Waals surface area contributed by atoms with Crippen LogP contribution in [0.4, 0.5) is 0 Å². The second-order valence-corrected chi connectivity index (χ2v) is 7.81. The minimum Gasteiger partial charge on any atom is -0.438 e. The Labute approximate surface area is 164 Å². The van der Waals surface area contributed by atoms with Crippen LogP contribution in [0, 0.1) is 0 Å². The molecule has 6 heteroatoms. The van der Waals surface area contributed by atoms with Crippen molar-refractivity contribution in [2.45, 2.75) is 44.3 Å². The molecule has 6 nitrogen and oxygen atoms in total. The highest BCUT2D eigenvalue weighted by Gasteiger charge is 2.51. The maximum atomic E-state index is 13.5. The molecule has 1 atom stereocenters. The van der Waals surface area contributed by atoms with Gasteiger partial charge in [-0.2, -0.15) is 4.98 Å². The summed E-state index contributed by atoms with van der Waals surface area (Å²) in [6, 6.07) is 14.0. The lowest BCUT2D eigenvalue weighted by Crippen LogP contribution is -2.59. The maximum Gasteiger partial charge on any atom is 0.243 e. The minimum atomic E-state index is -0.416. The molecule has 0 radical (unpaired) electrons. The smallest absolute Gasteiger partial charge is 0.243 e. The fraction of sp³-hybridized carbons (Fsp3) is 0.409. The number of carbonyl (C=O) groups excluding carboxylic acids is 1. The first-order valence-electron chi connectivity index (χ1n) is 10.0. The number of amides is 1. The number of hydrogen-bond acceptors (Lipinski definition) is 5. The van der Waals surface area contributed by atoms with Gasteiger partial charge in [0.15, 0.2) is 11.2 Å². The van der Waals surface area contributed by atoms with Crippen LogP contribution in [0.1, 0.15) is 37.1 Å². The van der Waals surface area contributed by atoms with Gasteiger partial charge in [0.25, 0.3) is 0 Å². The number of likely N-dealkylation sites (tertiary alicyclic amines) is 2. The Morgan fingerprint density at radius 3 is 2.64 bits per heavy atom. The molecule has 4 heterocycles. The number of rotatable bonds is 4. The number of benzene rings is 1. The molecule has 0 saturated carbocycles. The zero-order valence-corrected chi connectivity index (χ0v) is 15.9. The summed E-state index contributed by atoms with van der Waals surface area (Å²) >= 11 is 0. The molecule has 2 aromatic heterocycles. The van der Waals surface area contributed by atoms with E-state index in [1.54, 1.807) is 6.20 Å². The Morgan fingerprint density at radius 2 is 1.82 bits per heavy atom. The third-order valence-electron chi connectivity index (χ3n) is 6.08. The van der Waals surface area contributed by atoms with E-state index in [0.717, 1.165) is 38.8 Å². The Kier molecular flexibility index (Phi) is 4.36. The standard InChI is InChI=1S/C22H24N4O2/c27-21-22(10-5-13-25(21)15-17-7-2-1-3-8-17)11-6-14-26(22)16-19-24-20-18(28-19)9-4-12-23-20/h1-4,7-9,12H,5-6,10-11,13-16H2. The van der Waals surface area contributed by atoms with Crippen molar-refractivity contribution < 1.29 is 9.21 Å². The lowest BCUT2D eigenvalue weighted by atomic mass is 9.85. The van der Waals surface area contributed by atoms with Crippen LogP contribution in [-0.4, -0.2) is 44.3 Å². The van der Waals surface area contributed by atoms with Crippen LogP contribution in [0.5, 0.6) is 0 Å². The van der Waals surface area contributed by atoms with Crippen molar-refractivity contribution in [3.63, 3.8) is 0 Å². The second kappa shape index (κ2) is 7.02. The highest BCUT2D eigenvalue weighted by molar-refractivity contribution is 5.87. The van der Waals surface area contributed by atoms with Crippen LogP contribution in [0.15, 0.2) is 53.1 Å². The molecule has 3 aromatic rings. The van der Waals surface area contributed by atoms with Gasteiger partial charge in [-0.05, 0) is 49.9 Å². The van der Waals surface area contributed by atoms with Crippen LogP contribution in [-0.2, 0) is 17.9 Å². The highest BCUT2D eigenvalue weighted by atomic mass is 16.3. The third kappa shape index (κ3) is 2.98. The van der Waals surface area contributed by atoms with Gasteiger partial charge in [-0.1, -0.05) is 30.3 Å². The number of piperidine rings is 1. The zero-order chi connectivity index (χ0) is 19.0. The van der Waals surface area contributed by atoms with Gasteiger partial charge in [-0.3, -0.25) is 9.69 Å². The van der Waals surface area contributed by atoms with Crippen molar-refractivity contribution in [3.8, 4) is 0 Å². The van der Waals surface area contributed by atoms with Gasteiger partial charge in [0.1, 0.15) is 5.54 Å². The van der Waals surface area contributed by atoms with Crippen molar-refractivity contribution in [1.82, 2.24) is 19.8 Å². The van der Waals surface area contributed by atoms with E-state index in [2.05, 4.69) is 27.0 Å². The van der Waals surface area contributed by atoms with Gasteiger partial charge < -0.3 is 9.32 Å². The van der Waals surface area contributed by atoms with E-state index < -0.39 is 5.54 Å². The molecule has 1 spiro atoms. The zero-order valence-electron chi connectivity index (χ0n) is 15.9. The maximum absolute atomic E-state index is 13.5. The summed E-state index contributed by atoms with van der Waals surface area (Å²) in [5, 5.41) is 0. The molecule has 1 aromatic carbocycles. The quantitative estimate of drug-likeness (QED) is 0.699. The SMILES string of the molecule is O=C1N(Cc2ccccc2)CCCC12CCCN2Cc1nc2ncccc2o1. The molecular weight excluding hydrogens is 352 g/mol. The summed E-state index contributed by atoms with van der Waals surface area (Å²) in [4.78, 5) is 26.6. The first kappa shape index (κ1) is 17.4. The van der Waals surface area contributed by atoms with Gasteiger partial charge >= 0.3 is 0 Å². The number of pyridine rings is 1. The van der Waals surface area contributed by atoms with E-state index >= 15 is 0 Å². The molecule has 1 amide bonds. The molecule has 144 valence electrons. The molecule has 0 bridgehead atoms. The van der Waals surface area contributed by atoms with E-state index in [-0.39, 0.29) is 5.91 Å². The highest BCUT2D eigenvalue weighted by Crippen LogP contribution is 2.39. The van der Waals surface area contributed by atoms with Crippen molar-refractivity contribution in [1.29, 1.82) is 0 Å². The van der Waals surface area contributed by atoms with Crippen LogP contribution < -0.4 is 0 Å². The van der Waals surface area contributed by atoms with Crippen LogP contribution in [0.2, 0.25) is 0 Å². The van der Waals surface area contributed by atoms with E-state index in [0.29, 0.717) is 30.2 Å². The molecule has 2 aliphatic heterocycles. The summed E-state index contributed by atoms with van der Waals surface area (Å²) in [7, 11) is 0. The second-order valence-electron chi connectivity index (χ2n) is 7.81. The fourth-order valence-electron chi connectivity index (χ4n) is 4.75. The molecule has 2 fully saturated rings. The number of fused-ring (bicyclic) bond motifs is 1. The Hall–Kier alpha value is -2.73. The molecule has 0 aliphatic carbocycles. The summed E-state index contributed by atoms with van der Waals surface area (Å²) < 4.78 is 5.88. The van der Waals surface area contributed by atoms with E-state index in [1.165, 1.54) is 5.56 Å². The van der Waals surface area contributed by atoms with Crippen molar-refractivity contribution >= 4 is 17.1 Å². The fourth-order valence-corrected chi connectivity index (χ4v) is 4.75. The van der Waals surface area contributed by atoms with Gasteiger partial charge in [-0.15, -0.1) is 0 Å². The minimum absolute atomic E-state index is 0.259. The third-order valence-corrected chi connectivity index (χ3v) is 6.08. The lowest BCUT2D eigenvalue weighted by molar-refractivity contribution is -0.148. The normalized spacial score (nSPS) is 23.1. The molecule has 2 aliphatic rings. The van der Waals surface area contributed by atoms with Gasteiger partial charge in [0, 0.05) is 19.3 Å². The molecule has 28 heavy (non-hydrogen) atoms. The average molecular weight is 376 g/mol. The van der Waals surface area contributed by atoms with Crippen molar-refractivity contribution in [3.05, 3.63) is 60.1 Å². The summed E-state index contributed by atoms with van der Waals surface area (Å²) in [6.45, 7) is 2.97. The van der Waals surface area contributed by atoms with Crippen molar-refractivity contribution in [2.24, 2.45) is 0 Å². The van der Waals surface area contributed by atoms with Gasteiger partial charge in [0.05, 0.1) is 6.54 Å². The first-order chi connectivity index (χ1) is 13.7. The van der Waals surface area contributed by atoms with Gasteiger partial charge in [-0.25, -0.2) is 4.98 Å². The number of nitrogens with zero attached hydrogens (tertiary/aromatic N) is 4. The molecule has 1 unspecified atom stereocenters. The Bertz CT molecular complexity index is 953. The summed E-state index contributed by atoms with van der Waals surface area (Å²) in [6.07, 6.45) is 5.61. The van der Waals surface area contributed by atoms with E-state index in [1.807, 2.05) is 35.2 Å². The monoisotopic (exact) mass is 376 g/mol. The predicted molar refractivity (Wildman–Crippen MR) is 105 cm³/mol. The van der Waals surface area contributed by atoms with Crippen LogP contribution >= 0.6 is 0 Å². The first-order valence-corrected chi connectivity index (χ1v) is 10.0. The van der Waals surface area contributed by atoms with Crippen LogP contribution in [0.3, 0.4) is 0 Å². The number of aromatic nitrogens is 2. The summed E-state index contributed by atoms with van der Waals surface area (Å²) in [5.74, 6) is 0.900. The topological polar surface area (TPSA) is 62.5 Å². The largest absolute Gasteiger partial charge is 0.438 e. The number of oxazole rings is 1. The Morgan fingerprint density at radius 1 is 1.00 bits per heavy atom. The molecular formula is C22H24N4O2. The molecule has 2 saturated heterocycles. The Balaban J connectivity index is 1.38. The predicted octanol–water partition coefficient (Wildman–Crippen LogP) is 3.38. The van der Waals surface area contributed by atoms with Gasteiger partial charge in [0.2, 0.25) is 11.8 Å². The molecule has 5 rings (SSSR count). The average Bonchev–Trinajstić information content (AvgIpc) is 3.31. The lowest BCUT2D eigenvalue weighted by Gasteiger charge is -2.44. The molecule has 0 N–H and O–H groups in total. The van der Waals surface area contributed by atoms with E-state index in [9.17, 15) is 4.79 Å². The van der Waals surface area contributed by atoms with E-state index in [4.69, 9.17) is 4.42 Å². The van der Waals surface area contributed by atoms with Crippen LogP contribution in [0.25, 0.3) is 11.2 Å².